The summed E-state index contributed by atoms with van der Waals surface area (Å²) >= 11 is 0. The summed E-state index contributed by atoms with van der Waals surface area (Å²) in [5, 5.41) is 10.8. The summed E-state index contributed by atoms with van der Waals surface area (Å²) < 4.78 is 47.1. The number of hydrogen-bond acceptors (Lipinski definition) is 5. The van der Waals surface area contributed by atoms with E-state index in [1.165, 1.54) is 0 Å². The molecular weight excluding hydrogens is 291 g/mol. The van der Waals surface area contributed by atoms with Crippen LogP contribution in [0.3, 0.4) is 0 Å². The summed E-state index contributed by atoms with van der Waals surface area (Å²) in [6.07, 6.45) is -0.147. The predicted octanol–water partition coefficient (Wildman–Crippen LogP) is 1.77. The third-order valence-electron chi connectivity index (χ3n) is 3.83. The third kappa shape index (κ3) is 1.83. The minimum absolute atomic E-state index is 0.329. The Balaban J connectivity index is 2.25. The molecule has 0 saturated heterocycles. The molecule has 112 valence electrons. The van der Waals surface area contributed by atoms with Crippen molar-refractivity contribution in [1.29, 1.82) is 0 Å². The zero-order valence-corrected chi connectivity index (χ0v) is 10.6. The Labute approximate surface area is 116 Å². The Hall–Kier alpha value is -2.32. The first-order valence-electron chi connectivity index (χ1n) is 6.11. The molecule has 1 unspecified atom stereocenters. The number of benzene rings is 1. The largest absolute Gasteiger partial charge is 0.462 e. The van der Waals surface area contributed by atoms with E-state index in [4.69, 9.17) is 10.5 Å². The van der Waals surface area contributed by atoms with E-state index in [0.29, 0.717) is 12.5 Å². The summed E-state index contributed by atoms with van der Waals surface area (Å²) in [7, 11) is 0. The number of nitrogens with zero attached hydrogens (tertiary/aromatic N) is 2. The number of fused-ring (bicyclic) bond motifs is 1. The van der Waals surface area contributed by atoms with Crippen LogP contribution in [0.2, 0.25) is 0 Å². The van der Waals surface area contributed by atoms with Crippen molar-refractivity contribution in [3.8, 4) is 0 Å². The molecule has 0 radical (unpaired) electrons. The topological polar surface area (TPSA) is 90.8 Å². The van der Waals surface area contributed by atoms with Gasteiger partial charge < -0.3 is 10.5 Å². The Morgan fingerprint density at radius 3 is 2.86 bits per heavy atom. The van der Waals surface area contributed by atoms with E-state index in [2.05, 4.69) is 4.99 Å². The minimum Gasteiger partial charge on any atom is -0.462 e. The Morgan fingerprint density at radius 1 is 1.52 bits per heavy atom. The second-order valence-corrected chi connectivity index (χ2v) is 5.02. The van der Waals surface area contributed by atoms with Gasteiger partial charge in [0.05, 0.1) is 10.5 Å². The van der Waals surface area contributed by atoms with Crippen molar-refractivity contribution < 1.29 is 22.8 Å². The molecule has 0 bridgehead atoms. The number of halogens is 3. The molecule has 0 amide bonds. The maximum Gasteiger partial charge on any atom is 0.305 e. The number of rotatable bonds is 3. The minimum atomic E-state index is -1.91. The van der Waals surface area contributed by atoms with E-state index in [1.807, 2.05) is 0 Å². The summed E-state index contributed by atoms with van der Waals surface area (Å²) in [4.78, 5) is 13.5. The molecule has 1 heterocycles. The Bertz CT molecular complexity index is 667. The molecule has 9 heteroatoms. The van der Waals surface area contributed by atoms with E-state index < -0.39 is 52.0 Å². The molecule has 1 saturated carbocycles. The van der Waals surface area contributed by atoms with Crippen molar-refractivity contribution in [3.05, 3.63) is 39.4 Å². The number of alkyl halides is 1. The number of nitrogens with two attached hydrogens (primary N) is 1. The van der Waals surface area contributed by atoms with Crippen LogP contribution < -0.4 is 5.73 Å². The molecule has 1 aromatic carbocycles. The van der Waals surface area contributed by atoms with Gasteiger partial charge in [-0.3, -0.25) is 10.1 Å². The molecule has 2 N–H and O–H groups in total. The van der Waals surface area contributed by atoms with Gasteiger partial charge in [-0.05, 0) is 12.5 Å². The first kappa shape index (κ1) is 13.7. The number of aliphatic imine (C=N–C) groups is 1. The lowest BCUT2D eigenvalue weighted by atomic mass is 9.85. The normalized spacial score (nSPS) is 30.1. The SMILES string of the molecule is NC1=N[C@](CF)(c2c(F)ccc([N+](=O)[O-])c2F)[C@H]2CC2O1. The third-order valence-corrected chi connectivity index (χ3v) is 3.83. The summed E-state index contributed by atoms with van der Waals surface area (Å²) in [5.74, 6) is -3.12. The highest BCUT2D eigenvalue weighted by Crippen LogP contribution is 2.54. The molecule has 1 aliphatic heterocycles. The van der Waals surface area contributed by atoms with E-state index in [-0.39, 0.29) is 6.02 Å². The Morgan fingerprint density at radius 2 is 2.24 bits per heavy atom. The lowest BCUT2D eigenvalue weighted by molar-refractivity contribution is -0.387. The molecule has 21 heavy (non-hydrogen) atoms. The van der Waals surface area contributed by atoms with Crippen molar-refractivity contribution >= 4 is 11.7 Å². The fourth-order valence-electron chi connectivity index (χ4n) is 2.78. The van der Waals surface area contributed by atoms with Crippen LogP contribution in [0.1, 0.15) is 12.0 Å². The second-order valence-electron chi connectivity index (χ2n) is 5.02. The van der Waals surface area contributed by atoms with Gasteiger partial charge in [-0.1, -0.05) is 0 Å². The summed E-state index contributed by atoms with van der Waals surface area (Å²) in [5.41, 5.74) is 1.81. The average molecular weight is 301 g/mol. The van der Waals surface area contributed by atoms with Crippen LogP contribution in [0.15, 0.2) is 17.1 Å². The van der Waals surface area contributed by atoms with Crippen molar-refractivity contribution in [1.82, 2.24) is 0 Å². The van der Waals surface area contributed by atoms with E-state index >= 15 is 0 Å². The maximum absolute atomic E-state index is 14.3. The fraction of sp³-hybridized carbons (Fsp3) is 0.417. The van der Waals surface area contributed by atoms with Crippen molar-refractivity contribution in [2.75, 3.05) is 6.67 Å². The zero-order chi connectivity index (χ0) is 15.4. The van der Waals surface area contributed by atoms with Crippen molar-refractivity contribution in [2.45, 2.75) is 18.1 Å². The van der Waals surface area contributed by atoms with Gasteiger partial charge in [-0.15, -0.1) is 0 Å². The zero-order valence-electron chi connectivity index (χ0n) is 10.6. The van der Waals surface area contributed by atoms with Gasteiger partial charge in [0.1, 0.15) is 24.1 Å². The van der Waals surface area contributed by atoms with Crippen LogP contribution in [0.25, 0.3) is 0 Å². The molecule has 3 rings (SSSR count). The number of ether oxygens (including phenoxy) is 1. The molecule has 1 fully saturated rings. The number of amidine groups is 1. The van der Waals surface area contributed by atoms with E-state index in [1.54, 1.807) is 0 Å². The van der Waals surface area contributed by atoms with Crippen LogP contribution in [0.5, 0.6) is 0 Å². The fourth-order valence-corrected chi connectivity index (χ4v) is 2.78. The van der Waals surface area contributed by atoms with Crippen LogP contribution in [-0.2, 0) is 10.3 Å². The smallest absolute Gasteiger partial charge is 0.305 e. The summed E-state index contributed by atoms with van der Waals surface area (Å²) in [6, 6.07) is 1.04. The van der Waals surface area contributed by atoms with Crippen LogP contribution >= 0.6 is 0 Å². The van der Waals surface area contributed by atoms with Gasteiger partial charge in [0.25, 0.3) is 6.02 Å². The van der Waals surface area contributed by atoms with Crippen molar-refractivity contribution in [2.24, 2.45) is 16.6 Å². The first-order chi connectivity index (χ1) is 9.90. The molecule has 2 aliphatic rings. The van der Waals surface area contributed by atoms with E-state index in [9.17, 15) is 23.3 Å². The number of hydrogen-bond donors (Lipinski definition) is 1. The van der Waals surface area contributed by atoms with Gasteiger partial charge >= 0.3 is 5.69 Å². The number of nitro groups is 1. The van der Waals surface area contributed by atoms with Crippen molar-refractivity contribution in [3.63, 3.8) is 0 Å². The molecule has 1 aliphatic carbocycles. The monoisotopic (exact) mass is 301 g/mol. The van der Waals surface area contributed by atoms with Gasteiger partial charge in [-0.2, -0.15) is 4.39 Å². The van der Waals surface area contributed by atoms with Crippen LogP contribution in [0, 0.1) is 27.7 Å². The van der Waals surface area contributed by atoms with Gasteiger partial charge in [0, 0.05) is 12.0 Å². The Kier molecular flexibility index (Phi) is 2.82. The highest BCUT2D eigenvalue weighted by atomic mass is 19.1. The molecule has 6 nitrogen and oxygen atoms in total. The number of nitro benzene ring substituents is 1. The van der Waals surface area contributed by atoms with Gasteiger partial charge in [0.2, 0.25) is 5.82 Å². The van der Waals surface area contributed by atoms with Gasteiger partial charge in [0.15, 0.2) is 0 Å². The summed E-state index contributed by atoms with van der Waals surface area (Å²) in [6.45, 7) is -1.23. The molecular formula is C12H10F3N3O3. The average Bonchev–Trinajstić information content (AvgIpc) is 3.17. The lowest BCUT2D eigenvalue weighted by Gasteiger charge is -2.31. The predicted molar refractivity (Wildman–Crippen MR) is 65.3 cm³/mol. The molecule has 1 aromatic rings. The molecule has 0 aromatic heterocycles. The first-order valence-corrected chi connectivity index (χ1v) is 6.11. The maximum atomic E-state index is 14.3. The molecule has 3 atom stereocenters. The molecule has 0 spiro atoms. The lowest BCUT2D eigenvalue weighted by Crippen LogP contribution is -2.40. The van der Waals surface area contributed by atoms with Crippen LogP contribution in [-0.4, -0.2) is 23.7 Å². The standard InChI is InChI=1S/C12H10F3N3O3/c13-4-12(5-3-8(5)21-11(16)17-12)9-6(14)1-2-7(10(9)15)18(19)20/h1-2,5,8H,3-4H2,(H2,16,17)/t5-,8?,12-/m0/s1. The highest BCUT2D eigenvalue weighted by molar-refractivity contribution is 5.74. The van der Waals surface area contributed by atoms with Crippen LogP contribution in [0.4, 0.5) is 18.9 Å². The highest BCUT2D eigenvalue weighted by Gasteiger charge is 2.61. The second kappa shape index (κ2) is 4.34. The van der Waals surface area contributed by atoms with Gasteiger partial charge in [-0.25, -0.2) is 13.8 Å². The quantitative estimate of drug-likeness (QED) is 0.680. The van der Waals surface area contributed by atoms with E-state index in [0.717, 1.165) is 6.07 Å².